The summed E-state index contributed by atoms with van der Waals surface area (Å²) in [6.07, 6.45) is 0. The van der Waals surface area contributed by atoms with Gasteiger partial charge in [0.05, 0.1) is 6.61 Å². The SMILES string of the molecule is CCO.CCOC(=O)c1ccc(-c2ccc(Cl)cc2)o1.O=C(O)c1ccc(-c2ccc(Cl)cc2)o1. The van der Waals surface area contributed by atoms with Crippen LogP contribution in [0.25, 0.3) is 22.6 Å². The van der Waals surface area contributed by atoms with Gasteiger partial charge in [-0.2, -0.15) is 0 Å². The van der Waals surface area contributed by atoms with E-state index in [1.807, 2.05) is 12.1 Å². The molecule has 0 bridgehead atoms. The van der Waals surface area contributed by atoms with E-state index in [0.717, 1.165) is 11.1 Å². The number of carbonyl (C=O) groups is 2. The van der Waals surface area contributed by atoms with Crippen molar-refractivity contribution in [1.29, 1.82) is 0 Å². The average molecular weight is 519 g/mol. The second kappa shape index (κ2) is 14.0. The van der Waals surface area contributed by atoms with Gasteiger partial charge in [0.1, 0.15) is 11.5 Å². The summed E-state index contributed by atoms with van der Waals surface area (Å²) in [5, 5.41) is 17.5. The lowest BCUT2D eigenvalue weighted by molar-refractivity contribution is 0.0490. The van der Waals surface area contributed by atoms with Crippen LogP contribution in [-0.4, -0.2) is 35.4 Å². The van der Waals surface area contributed by atoms with E-state index < -0.39 is 11.9 Å². The Bertz CT molecular complexity index is 1210. The molecule has 2 aromatic carbocycles. The number of furan rings is 2. The summed E-state index contributed by atoms with van der Waals surface area (Å²) in [6, 6.07) is 20.6. The van der Waals surface area contributed by atoms with Crippen LogP contribution in [0.4, 0.5) is 0 Å². The molecule has 0 aliphatic carbocycles. The highest BCUT2D eigenvalue weighted by Gasteiger charge is 2.13. The zero-order valence-electron chi connectivity index (χ0n) is 19.0. The Hall–Kier alpha value is -3.52. The number of aliphatic hydroxyl groups is 1. The largest absolute Gasteiger partial charge is 0.475 e. The van der Waals surface area contributed by atoms with Gasteiger partial charge >= 0.3 is 11.9 Å². The quantitative estimate of drug-likeness (QED) is 0.271. The van der Waals surface area contributed by atoms with Gasteiger partial charge in [-0.05, 0) is 86.6 Å². The second-order valence-electron chi connectivity index (χ2n) is 6.68. The lowest BCUT2D eigenvalue weighted by atomic mass is 10.2. The van der Waals surface area contributed by atoms with E-state index in [1.54, 1.807) is 68.4 Å². The minimum atomic E-state index is -1.07. The average Bonchev–Trinajstić information content (AvgIpc) is 3.52. The third-order valence-electron chi connectivity index (χ3n) is 4.16. The molecular formula is C26H24Cl2O7. The van der Waals surface area contributed by atoms with Gasteiger partial charge < -0.3 is 23.8 Å². The normalized spacial score (nSPS) is 9.86. The maximum Gasteiger partial charge on any atom is 0.374 e. The number of carboxylic acid groups (broad SMARTS) is 1. The summed E-state index contributed by atoms with van der Waals surface area (Å²) in [7, 11) is 0. The number of esters is 1. The fourth-order valence-electron chi connectivity index (χ4n) is 2.64. The van der Waals surface area contributed by atoms with Crippen molar-refractivity contribution < 1.29 is 33.4 Å². The van der Waals surface area contributed by atoms with Crippen LogP contribution in [0.5, 0.6) is 0 Å². The molecule has 0 radical (unpaired) electrons. The summed E-state index contributed by atoms with van der Waals surface area (Å²) in [5.41, 5.74) is 1.66. The Kier molecular flexibility index (Phi) is 11.1. The molecule has 0 aliphatic heterocycles. The van der Waals surface area contributed by atoms with Crippen LogP contribution in [-0.2, 0) is 4.74 Å². The van der Waals surface area contributed by atoms with Crippen LogP contribution in [0.2, 0.25) is 10.0 Å². The van der Waals surface area contributed by atoms with Crippen LogP contribution in [0.15, 0.2) is 81.6 Å². The Morgan fingerprint density at radius 2 is 1.14 bits per heavy atom. The number of carbonyl (C=O) groups excluding carboxylic acids is 1. The number of carboxylic acids is 1. The highest BCUT2D eigenvalue weighted by atomic mass is 35.5. The molecule has 2 N–H and O–H groups in total. The number of benzene rings is 2. The summed E-state index contributed by atoms with van der Waals surface area (Å²) in [5.74, 6) is -0.256. The molecule has 0 fully saturated rings. The van der Waals surface area contributed by atoms with Gasteiger partial charge in [0.2, 0.25) is 11.5 Å². The Morgan fingerprint density at radius 1 is 0.743 bits per heavy atom. The third kappa shape index (κ3) is 8.64. The van der Waals surface area contributed by atoms with E-state index >= 15 is 0 Å². The summed E-state index contributed by atoms with van der Waals surface area (Å²) < 4.78 is 15.4. The van der Waals surface area contributed by atoms with E-state index in [-0.39, 0.29) is 18.1 Å². The van der Waals surface area contributed by atoms with Gasteiger partial charge in [0.25, 0.3) is 0 Å². The van der Waals surface area contributed by atoms with Crippen LogP contribution in [0, 0.1) is 0 Å². The number of aliphatic hydroxyl groups excluding tert-OH is 1. The topological polar surface area (TPSA) is 110 Å². The lowest BCUT2D eigenvalue weighted by Gasteiger charge is -1.98. The first-order valence-electron chi connectivity index (χ1n) is 10.5. The maximum absolute atomic E-state index is 11.4. The summed E-state index contributed by atoms with van der Waals surface area (Å²) in [4.78, 5) is 22.0. The minimum Gasteiger partial charge on any atom is -0.475 e. The number of ether oxygens (including phenoxy) is 1. The first kappa shape index (κ1) is 27.7. The predicted molar refractivity (Wildman–Crippen MR) is 134 cm³/mol. The van der Waals surface area contributed by atoms with Crippen molar-refractivity contribution in [3.05, 3.63) is 94.4 Å². The molecule has 9 heteroatoms. The molecule has 0 amide bonds. The maximum atomic E-state index is 11.4. The van der Waals surface area contributed by atoms with E-state index in [1.165, 1.54) is 6.07 Å². The first-order chi connectivity index (χ1) is 16.8. The number of hydrogen-bond acceptors (Lipinski definition) is 6. The van der Waals surface area contributed by atoms with Crippen LogP contribution in [0.3, 0.4) is 0 Å². The van der Waals surface area contributed by atoms with Gasteiger partial charge in [-0.15, -0.1) is 0 Å². The second-order valence-corrected chi connectivity index (χ2v) is 7.56. The van der Waals surface area contributed by atoms with E-state index in [4.69, 9.17) is 47.0 Å². The molecule has 35 heavy (non-hydrogen) atoms. The van der Waals surface area contributed by atoms with Crippen molar-refractivity contribution in [2.24, 2.45) is 0 Å². The van der Waals surface area contributed by atoms with E-state index in [0.29, 0.717) is 28.2 Å². The van der Waals surface area contributed by atoms with Gasteiger partial charge in [0, 0.05) is 27.8 Å². The number of aromatic carboxylic acids is 1. The molecule has 2 aromatic heterocycles. The number of hydrogen-bond donors (Lipinski definition) is 2. The molecule has 7 nitrogen and oxygen atoms in total. The van der Waals surface area contributed by atoms with Crippen molar-refractivity contribution in [2.75, 3.05) is 13.2 Å². The zero-order chi connectivity index (χ0) is 25.8. The van der Waals surface area contributed by atoms with Gasteiger partial charge in [-0.25, -0.2) is 9.59 Å². The molecule has 0 aliphatic rings. The van der Waals surface area contributed by atoms with Crippen LogP contribution >= 0.6 is 23.2 Å². The van der Waals surface area contributed by atoms with Crippen molar-refractivity contribution in [2.45, 2.75) is 13.8 Å². The molecule has 184 valence electrons. The molecule has 4 rings (SSSR count). The van der Waals surface area contributed by atoms with E-state index in [9.17, 15) is 9.59 Å². The van der Waals surface area contributed by atoms with Crippen molar-refractivity contribution in [1.82, 2.24) is 0 Å². The Balaban J connectivity index is 0.000000223. The molecule has 0 unspecified atom stereocenters. The Labute approximate surface area is 212 Å². The van der Waals surface area contributed by atoms with E-state index in [2.05, 4.69) is 0 Å². The molecule has 0 spiro atoms. The molecule has 4 aromatic rings. The molecule has 2 heterocycles. The smallest absolute Gasteiger partial charge is 0.374 e. The van der Waals surface area contributed by atoms with Crippen molar-refractivity contribution in [3.8, 4) is 22.6 Å². The van der Waals surface area contributed by atoms with Gasteiger partial charge in [0.15, 0.2) is 0 Å². The fourth-order valence-corrected chi connectivity index (χ4v) is 2.89. The first-order valence-corrected chi connectivity index (χ1v) is 11.3. The third-order valence-corrected chi connectivity index (χ3v) is 4.66. The molecular weight excluding hydrogens is 495 g/mol. The minimum absolute atomic E-state index is 0.0695. The summed E-state index contributed by atoms with van der Waals surface area (Å²) in [6.45, 7) is 4.01. The number of rotatable bonds is 5. The highest BCUT2D eigenvalue weighted by Crippen LogP contribution is 2.25. The molecule has 0 atom stereocenters. The van der Waals surface area contributed by atoms with Crippen molar-refractivity contribution in [3.63, 3.8) is 0 Å². The van der Waals surface area contributed by atoms with Gasteiger partial charge in [-0.1, -0.05) is 23.2 Å². The predicted octanol–water partition coefficient (Wildman–Crippen LogP) is 7.07. The monoisotopic (exact) mass is 518 g/mol. The van der Waals surface area contributed by atoms with Gasteiger partial charge in [-0.3, -0.25) is 0 Å². The fraction of sp³-hybridized carbons (Fsp3) is 0.154. The lowest BCUT2D eigenvalue weighted by Crippen LogP contribution is -2.02. The standard InChI is InChI=1S/C13H11ClO3.C11H7ClO3.C2H6O/c1-2-16-13(15)12-8-7-11(17-12)9-3-5-10(14)6-4-9;12-8-3-1-7(2-4-8)9-5-6-10(15-9)11(13)14;1-2-3/h3-8H,2H2,1H3;1-6H,(H,13,14);3H,2H2,1H3. The Morgan fingerprint density at radius 3 is 1.51 bits per heavy atom. The van der Waals surface area contributed by atoms with Crippen LogP contribution in [0.1, 0.15) is 35.0 Å². The summed E-state index contributed by atoms with van der Waals surface area (Å²) >= 11 is 11.5. The molecule has 0 saturated carbocycles. The van der Waals surface area contributed by atoms with Crippen molar-refractivity contribution >= 4 is 35.1 Å². The number of halogens is 2. The zero-order valence-corrected chi connectivity index (χ0v) is 20.5. The van der Waals surface area contributed by atoms with Crippen LogP contribution < -0.4 is 0 Å². The molecule has 0 saturated heterocycles. The highest BCUT2D eigenvalue weighted by molar-refractivity contribution is 6.30.